The minimum absolute atomic E-state index is 0.110. The lowest BCUT2D eigenvalue weighted by Crippen LogP contribution is -2.22. The van der Waals surface area contributed by atoms with Gasteiger partial charge in [-0.25, -0.2) is 4.98 Å². The van der Waals surface area contributed by atoms with Crippen LogP contribution in [0, 0.1) is 25.2 Å². The van der Waals surface area contributed by atoms with Crippen molar-refractivity contribution in [3.05, 3.63) is 53.2 Å². The number of nitrogens with one attached hydrogen (secondary N) is 1. The number of anilines is 1. The van der Waals surface area contributed by atoms with Gasteiger partial charge in [-0.1, -0.05) is 30.0 Å². The number of rotatable bonds is 4. The fourth-order valence-electron chi connectivity index (χ4n) is 2.01. The van der Waals surface area contributed by atoms with E-state index < -0.39 is 0 Å². The Hall–Kier alpha value is -2.32. The van der Waals surface area contributed by atoms with E-state index in [1.807, 2.05) is 57.2 Å². The molecule has 1 amide bonds. The second-order valence-electron chi connectivity index (χ2n) is 4.99. The molecule has 0 aliphatic heterocycles. The molecule has 0 saturated carbocycles. The van der Waals surface area contributed by atoms with E-state index in [1.165, 1.54) is 11.8 Å². The normalized spacial score (nSPS) is 11.5. The average molecular weight is 311 g/mol. The van der Waals surface area contributed by atoms with Gasteiger partial charge in [0.15, 0.2) is 0 Å². The first-order chi connectivity index (χ1) is 10.5. The summed E-state index contributed by atoms with van der Waals surface area (Å²) in [4.78, 5) is 16.6. The number of nitriles is 1. The molecule has 0 bridgehead atoms. The predicted octanol–water partition coefficient (Wildman–Crippen LogP) is 3.69. The third kappa shape index (κ3) is 3.86. The molecule has 1 heterocycles. The molecule has 22 heavy (non-hydrogen) atoms. The standard InChI is InChI=1S/C17H17N3OS/c1-11-9-12(2)19-17(15(11)10-18)22-13(3)16(21)20-14-7-5-4-6-8-14/h4-9,13H,1-3H3,(H,20,21). The maximum atomic E-state index is 12.2. The maximum absolute atomic E-state index is 12.2. The molecule has 2 aromatic rings. The first-order valence-electron chi connectivity index (χ1n) is 6.92. The van der Waals surface area contributed by atoms with Crippen LogP contribution in [0.5, 0.6) is 0 Å². The molecule has 1 unspecified atom stereocenters. The van der Waals surface area contributed by atoms with Gasteiger partial charge in [-0.2, -0.15) is 5.26 Å². The first kappa shape index (κ1) is 16.1. The number of carbonyl (C=O) groups is 1. The molecule has 1 aromatic carbocycles. The summed E-state index contributed by atoms with van der Waals surface area (Å²) in [5.74, 6) is -0.110. The quantitative estimate of drug-likeness (QED) is 0.875. The molecule has 0 radical (unpaired) electrons. The van der Waals surface area contributed by atoms with Crippen LogP contribution >= 0.6 is 11.8 Å². The van der Waals surface area contributed by atoms with Gasteiger partial charge in [0.2, 0.25) is 5.91 Å². The number of benzene rings is 1. The van der Waals surface area contributed by atoms with Gasteiger partial charge < -0.3 is 5.32 Å². The Bertz CT molecular complexity index is 723. The topological polar surface area (TPSA) is 65.8 Å². The van der Waals surface area contributed by atoms with Gasteiger partial charge in [0.1, 0.15) is 11.1 Å². The summed E-state index contributed by atoms with van der Waals surface area (Å²) in [7, 11) is 0. The van der Waals surface area contributed by atoms with Gasteiger partial charge in [0.25, 0.3) is 0 Å². The van der Waals surface area contributed by atoms with Crippen molar-refractivity contribution >= 4 is 23.4 Å². The summed E-state index contributed by atoms with van der Waals surface area (Å²) in [6.07, 6.45) is 0. The SMILES string of the molecule is Cc1cc(C)c(C#N)c(SC(C)C(=O)Nc2ccccc2)n1. The Morgan fingerprint density at radius 3 is 2.64 bits per heavy atom. The van der Waals surface area contributed by atoms with Crippen molar-refractivity contribution < 1.29 is 4.79 Å². The lowest BCUT2D eigenvalue weighted by Gasteiger charge is -2.13. The highest BCUT2D eigenvalue weighted by Crippen LogP contribution is 2.27. The van der Waals surface area contributed by atoms with Gasteiger partial charge in [-0.05, 0) is 44.5 Å². The van der Waals surface area contributed by atoms with E-state index in [2.05, 4.69) is 16.4 Å². The van der Waals surface area contributed by atoms with Crippen LogP contribution in [0.2, 0.25) is 0 Å². The van der Waals surface area contributed by atoms with Crippen LogP contribution in [0.4, 0.5) is 5.69 Å². The Morgan fingerprint density at radius 1 is 1.32 bits per heavy atom. The van der Waals surface area contributed by atoms with Crippen LogP contribution in [-0.2, 0) is 4.79 Å². The van der Waals surface area contributed by atoms with Gasteiger partial charge in [0.05, 0.1) is 10.8 Å². The van der Waals surface area contributed by atoms with E-state index in [0.717, 1.165) is 16.9 Å². The number of thioether (sulfide) groups is 1. The molecule has 4 nitrogen and oxygen atoms in total. The van der Waals surface area contributed by atoms with Crippen molar-refractivity contribution in [1.82, 2.24) is 4.98 Å². The monoisotopic (exact) mass is 311 g/mol. The molecule has 112 valence electrons. The number of nitrogens with zero attached hydrogens (tertiary/aromatic N) is 2. The number of hydrogen-bond donors (Lipinski definition) is 1. The number of carbonyl (C=O) groups excluding carboxylic acids is 1. The van der Waals surface area contributed by atoms with Crippen LogP contribution in [-0.4, -0.2) is 16.1 Å². The van der Waals surface area contributed by atoms with Crippen molar-refractivity contribution in [3.8, 4) is 6.07 Å². The number of amides is 1. The summed E-state index contributed by atoms with van der Waals surface area (Å²) >= 11 is 1.30. The zero-order valence-corrected chi connectivity index (χ0v) is 13.6. The summed E-state index contributed by atoms with van der Waals surface area (Å²) in [5, 5.41) is 12.4. The van der Waals surface area contributed by atoms with Crippen molar-refractivity contribution in [2.75, 3.05) is 5.32 Å². The van der Waals surface area contributed by atoms with Crippen LogP contribution in [0.15, 0.2) is 41.4 Å². The van der Waals surface area contributed by atoms with Gasteiger partial charge in [0, 0.05) is 11.4 Å². The smallest absolute Gasteiger partial charge is 0.237 e. The number of aromatic nitrogens is 1. The Morgan fingerprint density at radius 2 is 2.00 bits per heavy atom. The molecule has 0 aliphatic carbocycles. The van der Waals surface area contributed by atoms with Crippen molar-refractivity contribution in [3.63, 3.8) is 0 Å². The molecule has 1 atom stereocenters. The highest BCUT2D eigenvalue weighted by molar-refractivity contribution is 8.00. The Balaban J connectivity index is 2.14. The molecule has 5 heteroatoms. The third-order valence-electron chi connectivity index (χ3n) is 3.12. The maximum Gasteiger partial charge on any atom is 0.237 e. The summed E-state index contributed by atoms with van der Waals surface area (Å²) < 4.78 is 0. The van der Waals surface area contributed by atoms with Crippen LogP contribution in [0.1, 0.15) is 23.7 Å². The van der Waals surface area contributed by atoms with Crippen molar-refractivity contribution in [2.45, 2.75) is 31.0 Å². The van der Waals surface area contributed by atoms with Gasteiger partial charge >= 0.3 is 0 Å². The van der Waals surface area contributed by atoms with E-state index >= 15 is 0 Å². The molecule has 0 saturated heterocycles. The second-order valence-corrected chi connectivity index (χ2v) is 6.32. The fraction of sp³-hybridized carbons (Fsp3) is 0.235. The lowest BCUT2D eigenvalue weighted by molar-refractivity contribution is -0.115. The minimum Gasteiger partial charge on any atom is -0.325 e. The molecule has 1 aromatic heterocycles. The highest BCUT2D eigenvalue weighted by Gasteiger charge is 2.18. The Labute approximate surface area is 134 Å². The second kappa shape index (κ2) is 7.10. The summed E-state index contributed by atoms with van der Waals surface area (Å²) in [5.41, 5.74) is 3.02. The third-order valence-corrected chi connectivity index (χ3v) is 4.21. The number of pyridine rings is 1. The van der Waals surface area contributed by atoms with E-state index in [9.17, 15) is 10.1 Å². The lowest BCUT2D eigenvalue weighted by atomic mass is 10.1. The summed E-state index contributed by atoms with van der Waals surface area (Å²) in [6, 6.07) is 13.3. The van der Waals surface area contributed by atoms with Crippen LogP contribution < -0.4 is 5.32 Å². The molecule has 0 spiro atoms. The van der Waals surface area contributed by atoms with E-state index in [4.69, 9.17) is 0 Å². The van der Waals surface area contributed by atoms with Gasteiger partial charge in [-0.3, -0.25) is 4.79 Å². The van der Waals surface area contributed by atoms with E-state index in [-0.39, 0.29) is 11.2 Å². The largest absolute Gasteiger partial charge is 0.325 e. The van der Waals surface area contributed by atoms with Gasteiger partial charge in [-0.15, -0.1) is 0 Å². The molecule has 0 fully saturated rings. The highest BCUT2D eigenvalue weighted by atomic mass is 32.2. The number of para-hydroxylation sites is 1. The zero-order chi connectivity index (χ0) is 16.1. The van der Waals surface area contributed by atoms with Crippen molar-refractivity contribution in [1.29, 1.82) is 5.26 Å². The van der Waals surface area contributed by atoms with Crippen LogP contribution in [0.3, 0.4) is 0 Å². The zero-order valence-electron chi connectivity index (χ0n) is 12.8. The van der Waals surface area contributed by atoms with E-state index in [0.29, 0.717) is 10.6 Å². The summed E-state index contributed by atoms with van der Waals surface area (Å²) in [6.45, 7) is 5.57. The molecule has 2 rings (SSSR count). The van der Waals surface area contributed by atoms with E-state index in [1.54, 1.807) is 0 Å². The molecular weight excluding hydrogens is 294 g/mol. The molecular formula is C17H17N3OS. The number of aryl methyl sites for hydroxylation is 2. The minimum atomic E-state index is -0.346. The molecule has 0 aliphatic rings. The molecule has 1 N–H and O–H groups in total. The predicted molar refractivity (Wildman–Crippen MR) is 88.8 cm³/mol. The number of hydrogen-bond acceptors (Lipinski definition) is 4. The first-order valence-corrected chi connectivity index (χ1v) is 7.80. The fourth-order valence-corrected chi connectivity index (χ4v) is 3.03. The van der Waals surface area contributed by atoms with Crippen molar-refractivity contribution in [2.24, 2.45) is 0 Å². The Kier molecular flexibility index (Phi) is 5.18. The average Bonchev–Trinajstić information content (AvgIpc) is 2.47. The van der Waals surface area contributed by atoms with Crippen LogP contribution in [0.25, 0.3) is 0 Å².